The summed E-state index contributed by atoms with van der Waals surface area (Å²) in [4.78, 5) is 12.7. The van der Waals surface area contributed by atoms with E-state index in [-0.39, 0.29) is 5.91 Å². The van der Waals surface area contributed by atoms with Gasteiger partial charge in [0, 0.05) is 17.0 Å². The average molecular weight is 300 g/mol. The highest BCUT2D eigenvalue weighted by Crippen LogP contribution is 2.23. The first-order chi connectivity index (χ1) is 7.74. The maximum atomic E-state index is 11.6. The summed E-state index contributed by atoms with van der Waals surface area (Å²) < 4.78 is 1.09. The molecule has 1 aliphatic rings. The van der Waals surface area contributed by atoms with Crippen LogP contribution < -0.4 is 5.32 Å². The van der Waals surface area contributed by atoms with E-state index in [1.165, 1.54) is 12.8 Å². The van der Waals surface area contributed by atoms with Crippen LogP contribution in [0.5, 0.6) is 0 Å². The molecule has 0 radical (unpaired) electrons. The van der Waals surface area contributed by atoms with Crippen LogP contribution in [0, 0.1) is 0 Å². The Kier molecular flexibility index (Phi) is 4.18. The van der Waals surface area contributed by atoms with Gasteiger partial charge in [-0.3, -0.25) is 4.79 Å². The van der Waals surface area contributed by atoms with Gasteiger partial charge in [-0.2, -0.15) is 0 Å². The molecule has 2 nitrogen and oxygen atoms in total. The molecule has 0 atom stereocenters. The normalized spacial score (nSPS) is 17.1. The highest BCUT2D eigenvalue weighted by atomic mass is 79.9. The minimum Gasteiger partial charge on any atom is -0.350 e. The van der Waals surface area contributed by atoms with E-state index in [9.17, 15) is 4.79 Å². The van der Waals surface area contributed by atoms with Crippen molar-refractivity contribution in [1.82, 2.24) is 5.32 Å². The Morgan fingerprint density at radius 2 is 2.19 bits per heavy atom. The molecule has 0 aromatic carbocycles. The van der Waals surface area contributed by atoms with E-state index in [0.717, 1.165) is 21.5 Å². The van der Waals surface area contributed by atoms with E-state index in [2.05, 4.69) is 21.2 Å². The molecule has 1 aromatic rings. The predicted molar refractivity (Wildman–Crippen MR) is 71.5 cm³/mol. The highest BCUT2D eigenvalue weighted by Gasteiger charge is 2.15. The number of carbonyl (C=O) groups is 1. The van der Waals surface area contributed by atoms with Gasteiger partial charge in [-0.1, -0.05) is 12.8 Å². The first kappa shape index (κ1) is 11.9. The number of halogens is 1. The number of carbonyl (C=O) groups excluding carboxylic acids is 1. The smallest absolute Gasteiger partial charge is 0.244 e. The molecule has 0 spiro atoms. The largest absolute Gasteiger partial charge is 0.350 e. The summed E-state index contributed by atoms with van der Waals surface area (Å²) in [6.07, 6.45) is 8.23. The number of thiophene rings is 1. The zero-order valence-corrected chi connectivity index (χ0v) is 11.3. The molecule has 1 N–H and O–H groups in total. The minimum atomic E-state index is 0.0245. The fourth-order valence-corrected chi connectivity index (χ4v) is 3.22. The summed E-state index contributed by atoms with van der Waals surface area (Å²) in [5.41, 5.74) is 0. The Balaban J connectivity index is 1.84. The van der Waals surface area contributed by atoms with Gasteiger partial charge in [0.25, 0.3) is 0 Å². The lowest BCUT2D eigenvalue weighted by molar-refractivity contribution is -0.117. The Hall–Kier alpha value is -0.610. The number of rotatable bonds is 3. The highest BCUT2D eigenvalue weighted by molar-refractivity contribution is 9.11. The molecule has 1 aliphatic carbocycles. The topological polar surface area (TPSA) is 29.1 Å². The van der Waals surface area contributed by atoms with E-state index < -0.39 is 0 Å². The quantitative estimate of drug-likeness (QED) is 0.849. The minimum absolute atomic E-state index is 0.0245. The number of nitrogens with one attached hydrogen (secondary N) is 1. The van der Waals surface area contributed by atoms with Crippen molar-refractivity contribution in [1.29, 1.82) is 0 Å². The molecular formula is C12H14BrNOS. The second-order valence-corrected chi connectivity index (χ2v) is 6.46. The number of hydrogen-bond donors (Lipinski definition) is 1. The lowest BCUT2D eigenvalue weighted by atomic mass is 10.2. The van der Waals surface area contributed by atoms with Crippen LogP contribution >= 0.6 is 27.3 Å². The summed E-state index contributed by atoms with van der Waals surface area (Å²) in [6, 6.07) is 4.38. The molecule has 1 heterocycles. The zero-order chi connectivity index (χ0) is 11.4. The van der Waals surface area contributed by atoms with Gasteiger partial charge in [-0.25, -0.2) is 0 Å². The summed E-state index contributed by atoms with van der Waals surface area (Å²) in [5.74, 6) is 0.0245. The van der Waals surface area contributed by atoms with Gasteiger partial charge in [0.05, 0.1) is 3.79 Å². The van der Waals surface area contributed by atoms with Crippen LogP contribution in [0.4, 0.5) is 0 Å². The van der Waals surface area contributed by atoms with E-state index >= 15 is 0 Å². The fourth-order valence-electron chi connectivity index (χ4n) is 1.90. The maximum absolute atomic E-state index is 11.6. The molecule has 4 heteroatoms. The summed E-state index contributed by atoms with van der Waals surface area (Å²) >= 11 is 5.02. The van der Waals surface area contributed by atoms with E-state index in [1.54, 1.807) is 17.4 Å². The van der Waals surface area contributed by atoms with Crippen molar-refractivity contribution in [2.75, 3.05) is 0 Å². The second kappa shape index (κ2) is 5.64. The first-order valence-corrected chi connectivity index (χ1v) is 7.09. The van der Waals surface area contributed by atoms with Gasteiger partial charge < -0.3 is 5.32 Å². The van der Waals surface area contributed by atoms with Gasteiger partial charge in [0.1, 0.15) is 0 Å². The first-order valence-electron chi connectivity index (χ1n) is 5.48. The molecule has 0 aliphatic heterocycles. The number of hydrogen-bond acceptors (Lipinski definition) is 2. The molecule has 1 fully saturated rings. The van der Waals surface area contributed by atoms with Crippen LogP contribution in [0.15, 0.2) is 22.0 Å². The Labute approximate surface area is 108 Å². The molecule has 0 bridgehead atoms. The van der Waals surface area contributed by atoms with Gasteiger partial charge in [0.2, 0.25) is 5.91 Å². The van der Waals surface area contributed by atoms with Crippen molar-refractivity contribution in [3.05, 3.63) is 26.9 Å². The lowest BCUT2D eigenvalue weighted by Crippen LogP contribution is -2.30. The van der Waals surface area contributed by atoms with Crippen LogP contribution in [0.2, 0.25) is 0 Å². The molecule has 1 aromatic heterocycles. The Morgan fingerprint density at radius 1 is 1.44 bits per heavy atom. The molecule has 2 rings (SSSR count). The molecule has 0 unspecified atom stereocenters. The standard InChI is InChI=1S/C12H14BrNOS/c13-11-7-5-10(16-11)6-8-12(15)14-9-3-1-2-4-9/h5-9H,1-4H2,(H,14,15)/b8-6+. The van der Waals surface area contributed by atoms with Gasteiger partial charge in [0.15, 0.2) is 0 Å². The van der Waals surface area contributed by atoms with Crippen LogP contribution in [-0.2, 0) is 4.79 Å². The van der Waals surface area contributed by atoms with Crippen molar-refractivity contribution in [3.8, 4) is 0 Å². The van der Waals surface area contributed by atoms with Crippen molar-refractivity contribution >= 4 is 39.2 Å². The van der Waals surface area contributed by atoms with Crippen LogP contribution in [0.3, 0.4) is 0 Å². The van der Waals surface area contributed by atoms with Crippen molar-refractivity contribution < 1.29 is 4.79 Å². The van der Waals surface area contributed by atoms with Crippen molar-refractivity contribution in [3.63, 3.8) is 0 Å². The Bertz CT molecular complexity index is 393. The third kappa shape index (κ3) is 3.46. The predicted octanol–water partition coefficient (Wildman–Crippen LogP) is 3.58. The van der Waals surface area contributed by atoms with E-state index in [0.29, 0.717) is 6.04 Å². The maximum Gasteiger partial charge on any atom is 0.244 e. The van der Waals surface area contributed by atoms with Gasteiger partial charge in [-0.15, -0.1) is 11.3 Å². The molecule has 1 amide bonds. The molecule has 86 valence electrons. The monoisotopic (exact) mass is 299 g/mol. The van der Waals surface area contributed by atoms with E-state index in [4.69, 9.17) is 0 Å². The van der Waals surface area contributed by atoms with Crippen LogP contribution in [-0.4, -0.2) is 11.9 Å². The van der Waals surface area contributed by atoms with Crippen LogP contribution in [0.25, 0.3) is 6.08 Å². The van der Waals surface area contributed by atoms with Crippen molar-refractivity contribution in [2.45, 2.75) is 31.7 Å². The zero-order valence-electron chi connectivity index (χ0n) is 8.91. The second-order valence-electron chi connectivity index (χ2n) is 3.97. The molecule has 0 saturated heterocycles. The number of amides is 1. The average Bonchev–Trinajstić information content (AvgIpc) is 2.87. The molecule has 16 heavy (non-hydrogen) atoms. The Morgan fingerprint density at radius 3 is 2.81 bits per heavy atom. The third-order valence-corrected chi connectivity index (χ3v) is 4.28. The van der Waals surface area contributed by atoms with Gasteiger partial charge in [-0.05, 0) is 47.0 Å². The summed E-state index contributed by atoms with van der Waals surface area (Å²) in [7, 11) is 0. The molecular weight excluding hydrogens is 286 g/mol. The van der Waals surface area contributed by atoms with Gasteiger partial charge >= 0.3 is 0 Å². The lowest BCUT2D eigenvalue weighted by Gasteiger charge is -2.08. The van der Waals surface area contributed by atoms with E-state index in [1.807, 2.05) is 18.2 Å². The van der Waals surface area contributed by atoms with Crippen LogP contribution in [0.1, 0.15) is 30.6 Å². The molecule has 1 saturated carbocycles. The third-order valence-electron chi connectivity index (χ3n) is 2.69. The SMILES string of the molecule is O=C(/C=C/c1ccc(Br)s1)NC1CCCC1. The summed E-state index contributed by atoms with van der Waals surface area (Å²) in [6.45, 7) is 0. The van der Waals surface area contributed by atoms with Crippen molar-refractivity contribution in [2.24, 2.45) is 0 Å². The fraction of sp³-hybridized carbons (Fsp3) is 0.417. The summed E-state index contributed by atoms with van der Waals surface area (Å²) in [5, 5.41) is 3.02.